The zero-order valence-corrected chi connectivity index (χ0v) is 17.6. The van der Waals surface area contributed by atoms with Crippen LogP contribution in [0.1, 0.15) is 47.0 Å². The van der Waals surface area contributed by atoms with Gasteiger partial charge in [-0.15, -0.1) is 0 Å². The number of nitrogens with zero attached hydrogens (tertiary/aromatic N) is 1. The number of ether oxygens (including phenoxy) is 1. The van der Waals surface area contributed by atoms with Crippen LogP contribution in [-0.4, -0.2) is 36.4 Å². The fourth-order valence-electron chi connectivity index (χ4n) is 5.41. The number of carbonyl (C=O) groups is 1. The molecular formula is C21H33NO2Si. The molecule has 2 fully saturated rings. The van der Waals surface area contributed by atoms with Crippen molar-refractivity contribution in [3.8, 4) is 0 Å². The highest BCUT2D eigenvalue weighted by Crippen LogP contribution is 2.48. The molecule has 0 N–H and O–H groups in total. The van der Waals surface area contributed by atoms with Gasteiger partial charge in [0.1, 0.15) is 13.7 Å². The predicted molar refractivity (Wildman–Crippen MR) is 106 cm³/mol. The number of hydrogen-bond acceptors (Lipinski definition) is 2. The molecule has 3 rings (SSSR count). The van der Waals surface area contributed by atoms with Gasteiger partial charge in [-0.2, -0.15) is 0 Å². The van der Waals surface area contributed by atoms with Crippen LogP contribution in [0.2, 0.25) is 13.1 Å². The Kier molecular flexibility index (Phi) is 4.78. The van der Waals surface area contributed by atoms with Gasteiger partial charge in [-0.1, -0.05) is 76.3 Å². The molecule has 0 spiro atoms. The molecule has 0 radical (unpaired) electrons. The maximum absolute atomic E-state index is 13.0. The number of hydrogen-bond donors (Lipinski definition) is 0. The van der Waals surface area contributed by atoms with Crippen LogP contribution >= 0.6 is 0 Å². The van der Waals surface area contributed by atoms with Gasteiger partial charge in [0.05, 0.1) is 6.04 Å². The van der Waals surface area contributed by atoms with Crippen molar-refractivity contribution in [2.24, 2.45) is 11.8 Å². The molecule has 2 heterocycles. The summed E-state index contributed by atoms with van der Waals surface area (Å²) in [5.74, 6) is 0.651. The summed E-state index contributed by atoms with van der Waals surface area (Å²) in [4.78, 5) is 15.2. The van der Waals surface area contributed by atoms with Crippen LogP contribution in [0, 0.1) is 11.8 Å². The SMILES string of the molecule is CC(C)C1(C(C)C)OC(=O)N2[C@H]1CCC[C@H]2[Si](C)(C)c1ccccc1. The maximum Gasteiger partial charge on any atom is 0.410 e. The quantitative estimate of drug-likeness (QED) is 0.737. The van der Waals surface area contributed by atoms with E-state index in [1.807, 2.05) is 0 Å². The predicted octanol–water partition coefficient (Wildman–Crippen LogP) is 4.57. The molecule has 0 aromatic heterocycles. The molecular weight excluding hydrogens is 326 g/mol. The highest BCUT2D eigenvalue weighted by atomic mass is 28.3. The van der Waals surface area contributed by atoms with E-state index in [2.05, 4.69) is 76.0 Å². The molecule has 2 atom stereocenters. The second-order valence-corrected chi connectivity index (χ2v) is 13.7. The van der Waals surface area contributed by atoms with Crippen LogP contribution < -0.4 is 5.19 Å². The third-order valence-electron chi connectivity index (χ3n) is 6.78. The number of rotatable bonds is 4. The van der Waals surface area contributed by atoms with Crippen molar-refractivity contribution in [2.75, 3.05) is 0 Å². The molecule has 1 aromatic rings. The van der Waals surface area contributed by atoms with E-state index in [1.165, 1.54) is 11.6 Å². The van der Waals surface area contributed by atoms with Gasteiger partial charge in [0.15, 0.2) is 0 Å². The lowest BCUT2D eigenvalue weighted by Gasteiger charge is -2.48. The molecule has 0 unspecified atom stereocenters. The molecule has 2 saturated heterocycles. The first-order valence-corrected chi connectivity index (χ1v) is 12.9. The molecule has 3 nitrogen and oxygen atoms in total. The van der Waals surface area contributed by atoms with Crippen LogP contribution in [0.25, 0.3) is 0 Å². The van der Waals surface area contributed by atoms with Crippen molar-refractivity contribution in [1.82, 2.24) is 4.90 Å². The summed E-state index contributed by atoms with van der Waals surface area (Å²) in [6.07, 6.45) is 3.28. The lowest BCUT2D eigenvalue weighted by atomic mass is 9.72. The van der Waals surface area contributed by atoms with Crippen LogP contribution in [-0.2, 0) is 4.74 Å². The molecule has 1 amide bonds. The van der Waals surface area contributed by atoms with E-state index in [0.717, 1.165) is 12.8 Å². The van der Waals surface area contributed by atoms with Gasteiger partial charge in [-0.3, -0.25) is 0 Å². The van der Waals surface area contributed by atoms with Gasteiger partial charge in [-0.05, 0) is 31.1 Å². The zero-order chi connectivity index (χ0) is 18.4. The minimum atomic E-state index is -1.81. The van der Waals surface area contributed by atoms with Crippen molar-refractivity contribution >= 4 is 19.4 Å². The molecule has 138 valence electrons. The lowest BCUT2D eigenvalue weighted by molar-refractivity contribution is -0.0517. The first kappa shape index (κ1) is 18.5. The van der Waals surface area contributed by atoms with Crippen molar-refractivity contribution in [3.63, 3.8) is 0 Å². The standard InChI is InChI=1S/C21H33NO2Si/c1-15(2)21(16(3)4)18-13-10-14-19(22(18)20(23)24-21)25(5,6)17-11-8-7-9-12-17/h7-9,11-12,15-16,18-19H,10,13-14H2,1-6H3/t18-,19+/m0/s1. The van der Waals surface area contributed by atoms with Gasteiger partial charge < -0.3 is 9.64 Å². The number of benzene rings is 1. The summed E-state index contributed by atoms with van der Waals surface area (Å²) in [6, 6.07) is 11.0. The minimum Gasteiger partial charge on any atom is -0.440 e. The van der Waals surface area contributed by atoms with Crippen LogP contribution in [0.5, 0.6) is 0 Å². The Hall–Kier alpha value is -1.29. The molecule has 1 aromatic carbocycles. The van der Waals surface area contributed by atoms with E-state index in [-0.39, 0.29) is 17.7 Å². The second-order valence-electron chi connectivity index (χ2n) is 8.99. The molecule has 2 aliphatic rings. The topological polar surface area (TPSA) is 29.5 Å². The minimum absolute atomic E-state index is 0.0754. The normalized spacial score (nSPS) is 26.1. The van der Waals surface area contributed by atoms with Crippen LogP contribution in [0.15, 0.2) is 30.3 Å². The smallest absolute Gasteiger partial charge is 0.410 e. The summed E-state index contributed by atoms with van der Waals surface area (Å²) >= 11 is 0. The summed E-state index contributed by atoms with van der Waals surface area (Å²) in [7, 11) is -1.81. The molecule has 0 saturated carbocycles. The summed E-state index contributed by atoms with van der Waals surface area (Å²) in [6.45, 7) is 13.7. The molecule has 25 heavy (non-hydrogen) atoms. The van der Waals surface area contributed by atoms with Gasteiger partial charge in [-0.25, -0.2) is 4.79 Å². The van der Waals surface area contributed by atoms with E-state index >= 15 is 0 Å². The highest BCUT2D eigenvalue weighted by molar-refractivity contribution is 6.91. The Bertz CT molecular complexity index is 618. The van der Waals surface area contributed by atoms with Crippen LogP contribution in [0.4, 0.5) is 4.79 Å². The summed E-state index contributed by atoms with van der Waals surface area (Å²) < 4.78 is 6.19. The maximum atomic E-state index is 13.0. The number of carbonyl (C=O) groups excluding carboxylic acids is 1. The Morgan fingerprint density at radius 1 is 1.08 bits per heavy atom. The van der Waals surface area contributed by atoms with Crippen molar-refractivity contribution < 1.29 is 9.53 Å². The Balaban J connectivity index is 2.01. The van der Waals surface area contributed by atoms with Gasteiger partial charge in [0.2, 0.25) is 0 Å². The number of cyclic esters (lactones) is 1. The van der Waals surface area contributed by atoms with E-state index in [4.69, 9.17) is 4.74 Å². The highest BCUT2D eigenvalue weighted by Gasteiger charge is 2.61. The fraction of sp³-hybridized carbons (Fsp3) is 0.667. The zero-order valence-electron chi connectivity index (χ0n) is 16.6. The van der Waals surface area contributed by atoms with E-state index < -0.39 is 8.07 Å². The fourth-order valence-corrected chi connectivity index (χ4v) is 8.75. The molecule has 2 aliphatic heterocycles. The Labute approximate surface area is 153 Å². The largest absolute Gasteiger partial charge is 0.440 e. The monoisotopic (exact) mass is 359 g/mol. The Morgan fingerprint density at radius 2 is 1.68 bits per heavy atom. The average molecular weight is 360 g/mol. The second kappa shape index (κ2) is 6.46. The first-order valence-electron chi connectivity index (χ1n) is 9.79. The lowest BCUT2D eigenvalue weighted by Crippen LogP contribution is -2.65. The third kappa shape index (κ3) is 2.73. The van der Waals surface area contributed by atoms with Crippen molar-refractivity contribution in [3.05, 3.63) is 30.3 Å². The first-order chi connectivity index (χ1) is 11.7. The van der Waals surface area contributed by atoms with Gasteiger partial charge >= 0.3 is 6.09 Å². The van der Waals surface area contributed by atoms with E-state index in [1.54, 1.807) is 0 Å². The number of fused-ring (bicyclic) bond motifs is 1. The summed E-state index contributed by atoms with van der Waals surface area (Å²) in [5, 5.41) is 1.43. The van der Waals surface area contributed by atoms with Gasteiger partial charge in [0.25, 0.3) is 0 Å². The average Bonchev–Trinajstić information content (AvgIpc) is 2.90. The van der Waals surface area contributed by atoms with E-state index in [0.29, 0.717) is 17.5 Å². The molecule has 0 bridgehead atoms. The van der Waals surface area contributed by atoms with E-state index in [9.17, 15) is 4.79 Å². The molecule has 0 aliphatic carbocycles. The number of amides is 1. The Morgan fingerprint density at radius 3 is 2.24 bits per heavy atom. The van der Waals surface area contributed by atoms with Crippen molar-refractivity contribution in [1.29, 1.82) is 0 Å². The third-order valence-corrected chi connectivity index (χ3v) is 10.8. The van der Waals surface area contributed by atoms with Crippen molar-refractivity contribution in [2.45, 2.75) is 77.4 Å². The summed E-state index contributed by atoms with van der Waals surface area (Å²) in [5.41, 5.74) is -0.0303. The van der Waals surface area contributed by atoms with Gasteiger partial charge in [0, 0.05) is 5.67 Å². The van der Waals surface area contributed by atoms with Crippen LogP contribution in [0.3, 0.4) is 0 Å². The number of piperidine rings is 1. The molecule has 4 heteroatoms.